The van der Waals surface area contributed by atoms with E-state index < -0.39 is 0 Å². The van der Waals surface area contributed by atoms with E-state index in [1.54, 1.807) is 6.33 Å². The Balaban J connectivity index is 1.62. The monoisotopic (exact) mass is 328 g/mol. The zero-order valence-electron chi connectivity index (χ0n) is 13.8. The summed E-state index contributed by atoms with van der Waals surface area (Å²) in [6.45, 7) is 3.08. The lowest BCUT2D eigenvalue weighted by atomic mass is 10.1. The van der Waals surface area contributed by atoms with Crippen LogP contribution in [0.2, 0.25) is 0 Å². The molecule has 1 fully saturated rings. The van der Waals surface area contributed by atoms with Crippen LogP contribution in [0, 0.1) is 12.8 Å². The van der Waals surface area contributed by atoms with Crippen LogP contribution in [0.5, 0.6) is 0 Å². The van der Waals surface area contributed by atoms with Crippen LogP contribution in [0.3, 0.4) is 0 Å². The third-order valence-corrected chi connectivity index (χ3v) is 5.35. The van der Waals surface area contributed by atoms with E-state index in [0.717, 1.165) is 46.4 Å². The van der Waals surface area contributed by atoms with E-state index in [2.05, 4.69) is 20.7 Å². The Hall–Kier alpha value is -3.02. The van der Waals surface area contributed by atoms with E-state index in [1.165, 1.54) is 12.2 Å². The molecular formula is C19H16N6. The second-order valence-electron chi connectivity index (χ2n) is 7.02. The highest BCUT2D eigenvalue weighted by molar-refractivity contribution is 5.78. The Kier molecular flexibility index (Phi) is 2.41. The van der Waals surface area contributed by atoms with Gasteiger partial charge in [0.1, 0.15) is 17.8 Å². The van der Waals surface area contributed by atoms with E-state index in [-0.39, 0.29) is 0 Å². The van der Waals surface area contributed by atoms with E-state index in [4.69, 9.17) is 9.97 Å². The van der Waals surface area contributed by atoms with Crippen molar-refractivity contribution in [2.24, 2.45) is 5.92 Å². The molecule has 2 aliphatic rings. The molecule has 6 heteroatoms. The van der Waals surface area contributed by atoms with Crippen LogP contribution in [0.25, 0.3) is 28.3 Å². The van der Waals surface area contributed by atoms with Gasteiger partial charge in [-0.1, -0.05) is 6.07 Å². The second-order valence-corrected chi connectivity index (χ2v) is 7.02. The average Bonchev–Trinajstić information content (AvgIpc) is 2.98. The van der Waals surface area contributed by atoms with Gasteiger partial charge in [0.25, 0.3) is 0 Å². The lowest BCUT2D eigenvalue weighted by Gasteiger charge is -2.10. The second kappa shape index (κ2) is 4.53. The fourth-order valence-corrected chi connectivity index (χ4v) is 4.04. The highest BCUT2D eigenvalue weighted by Gasteiger charge is 2.48. The van der Waals surface area contributed by atoms with Gasteiger partial charge in [0.2, 0.25) is 0 Å². The van der Waals surface area contributed by atoms with E-state index in [0.29, 0.717) is 5.92 Å². The Bertz CT molecular complexity index is 1140. The van der Waals surface area contributed by atoms with Crippen LogP contribution in [-0.2, 0) is 6.54 Å². The number of rotatable bonds is 2. The first-order chi connectivity index (χ1) is 12.3. The Morgan fingerprint density at radius 2 is 2.08 bits per heavy atom. The molecule has 2 unspecified atom stereocenters. The molecule has 25 heavy (non-hydrogen) atoms. The standard InChI is InChI=1S/C19H16N6/c1-11-3-2-4-15(22-11)17-18(24-8-13-7-14(13)19(24)23-17)12-5-6-16-20-10-21-25(16)9-12/h2-6,9-10,13-14H,7-8H2,1H3. The first kappa shape index (κ1) is 13.3. The summed E-state index contributed by atoms with van der Waals surface area (Å²) in [5.74, 6) is 2.63. The lowest BCUT2D eigenvalue weighted by molar-refractivity contribution is 0.674. The van der Waals surface area contributed by atoms with E-state index >= 15 is 0 Å². The molecule has 0 radical (unpaired) electrons. The van der Waals surface area contributed by atoms with Crippen molar-refractivity contribution in [1.82, 2.24) is 29.1 Å². The maximum absolute atomic E-state index is 5.02. The maximum atomic E-state index is 5.02. The number of fused-ring (bicyclic) bond motifs is 4. The van der Waals surface area contributed by atoms with Gasteiger partial charge in [-0.3, -0.25) is 4.98 Å². The number of aromatic nitrogens is 6. The van der Waals surface area contributed by atoms with Gasteiger partial charge in [-0.25, -0.2) is 14.5 Å². The van der Waals surface area contributed by atoms with Crippen molar-refractivity contribution in [2.75, 3.05) is 0 Å². The molecule has 122 valence electrons. The average molecular weight is 328 g/mol. The molecule has 6 nitrogen and oxygen atoms in total. The van der Waals surface area contributed by atoms with Gasteiger partial charge in [-0.15, -0.1) is 0 Å². The van der Waals surface area contributed by atoms with Gasteiger partial charge in [0, 0.05) is 29.9 Å². The number of hydrogen-bond donors (Lipinski definition) is 0. The van der Waals surface area contributed by atoms with Crippen molar-refractivity contribution < 1.29 is 0 Å². The lowest BCUT2D eigenvalue weighted by Crippen LogP contribution is -2.01. The van der Waals surface area contributed by atoms with Crippen molar-refractivity contribution in [3.8, 4) is 22.6 Å². The van der Waals surface area contributed by atoms with Gasteiger partial charge in [-0.05, 0) is 43.5 Å². The van der Waals surface area contributed by atoms with Gasteiger partial charge in [-0.2, -0.15) is 5.10 Å². The van der Waals surface area contributed by atoms with E-state index in [9.17, 15) is 0 Å². The van der Waals surface area contributed by atoms with Gasteiger partial charge < -0.3 is 4.57 Å². The normalized spacial score (nSPS) is 20.7. The summed E-state index contributed by atoms with van der Waals surface area (Å²) in [4.78, 5) is 14.0. The molecule has 0 N–H and O–H groups in total. The Morgan fingerprint density at radius 1 is 1.12 bits per heavy atom. The van der Waals surface area contributed by atoms with Crippen molar-refractivity contribution in [3.05, 3.63) is 54.4 Å². The largest absolute Gasteiger partial charge is 0.327 e. The molecule has 4 aromatic rings. The van der Waals surface area contributed by atoms with Crippen LogP contribution in [-0.4, -0.2) is 29.1 Å². The fourth-order valence-electron chi connectivity index (χ4n) is 4.04. The summed E-state index contributed by atoms with van der Waals surface area (Å²) < 4.78 is 4.20. The van der Waals surface area contributed by atoms with Crippen molar-refractivity contribution in [3.63, 3.8) is 0 Å². The molecule has 1 saturated carbocycles. The molecular weight excluding hydrogens is 312 g/mol. The highest BCUT2D eigenvalue weighted by Crippen LogP contribution is 2.55. The molecule has 0 amide bonds. The topological polar surface area (TPSA) is 60.9 Å². The van der Waals surface area contributed by atoms with Crippen LogP contribution < -0.4 is 0 Å². The van der Waals surface area contributed by atoms with Gasteiger partial charge >= 0.3 is 0 Å². The molecule has 6 rings (SSSR count). The molecule has 4 aromatic heterocycles. The summed E-state index contributed by atoms with van der Waals surface area (Å²) in [6.07, 6.45) is 4.90. The van der Waals surface area contributed by atoms with Crippen LogP contribution >= 0.6 is 0 Å². The third-order valence-electron chi connectivity index (χ3n) is 5.35. The van der Waals surface area contributed by atoms with E-state index in [1.807, 2.05) is 41.9 Å². The van der Waals surface area contributed by atoms with Crippen LogP contribution in [0.4, 0.5) is 0 Å². The molecule has 1 aliphatic heterocycles. The molecule has 0 aromatic carbocycles. The zero-order chi connectivity index (χ0) is 16.5. The fraction of sp³-hybridized carbons (Fsp3) is 0.263. The first-order valence-electron chi connectivity index (χ1n) is 8.62. The quantitative estimate of drug-likeness (QED) is 0.567. The SMILES string of the molecule is Cc1cccc(-c2nc3n(c2-c2ccc4ncnn4c2)CC2CC32)n1. The van der Waals surface area contributed by atoms with Crippen LogP contribution in [0.1, 0.15) is 23.9 Å². The van der Waals surface area contributed by atoms with Crippen LogP contribution in [0.15, 0.2) is 42.9 Å². The third kappa shape index (κ3) is 1.85. The number of nitrogens with zero attached hydrogens (tertiary/aromatic N) is 6. The Labute approximate surface area is 144 Å². The summed E-state index contributed by atoms with van der Waals surface area (Å²) in [5, 5.41) is 4.28. The highest BCUT2D eigenvalue weighted by atomic mass is 15.3. The minimum absolute atomic E-state index is 0.632. The predicted molar refractivity (Wildman–Crippen MR) is 93.0 cm³/mol. The molecule has 5 heterocycles. The van der Waals surface area contributed by atoms with Crippen molar-refractivity contribution in [2.45, 2.75) is 25.8 Å². The van der Waals surface area contributed by atoms with Gasteiger partial charge in [0.15, 0.2) is 5.65 Å². The number of hydrogen-bond acceptors (Lipinski definition) is 4. The number of imidazole rings is 1. The summed E-state index contributed by atoms with van der Waals surface area (Å²) in [5.41, 5.74) is 6.03. The summed E-state index contributed by atoms with van der Waals surface area (Å²) in [7, 11) is 0. The zero-order valence-corrected chi connectivity index (χ0v) is 13.8. The number of pyridine rings is 2. The molecule has 0 spiro atoms. The Morgan fingerprint density at radius 3 is 3.00 bits per heavy atom. The summed E-state index contributed by atoms with van der Waals surface area (Å²) in [6, 6.07) is 10.2. The maximum Gasteiger partial charge on any atom is 0.155 e. The minimum atomic E-state index is 0.632. The van der Waals surface area contributed by atoms with Crippen molar-refractivity contribution >= 4 is 5.65 Å². The number of aryl methyl sites for hydroxylation is 1. The molecule has 1 aliphatic carbocycles. The molecule has 0 bridgehead atoms. The van der Waals surface area contributed by atoms with Gasteiger partial charge in [0.05, 0.1) is 11.4 Å². The molecule has 2 atom stereocenters. The predicted octanol–water partition coefficient (Wildman–Crippen LogP) is 3.08. The minimum Gasteiger partial charge on any atom is -0.327 e. The summed E-state index contributed by atoms with van der Waals surface area (Å²) >= 11 is 0. The van der Waals surface area contributed by atoms with Crippen molar-refractivity contribution in [1.29, 1.82) is 0 Å². The molecule has 0 saturated heterocycles. The smallest absolute Gasteiger partial charge is 0.155 e. The first-order valence-corrected chi connectivity index (χ1v) is 8.62.